The molecule has 0 amide bonds. The van der Waals surface area contributed by atoms with Gasteiger partial charge >= 0.3 is 11.9 Å². The molecule has 0 spiro atoms. The maximum absolute atomic E-state index is 10.9. The number of aromatic nitrogens is 1. The van der Waals surface area contributed by atoms with Crippen LogP contribution in [0.5, 0.6) is 0 Å². The molecule has 2 N–H and O–H groups in total. The molecule has 0 saturated carbocycles. The molecule has 1 atom stereocenters. The molecule has 0 aliphatic carbocycles. The molecule has 1 heterocycles. The second-order valence-electron chi connectivity index (χ2n) is 3.03. The summed E-state index contributed by atoms with van der Waals surface area (Å²) in [5.74, 6) is -2.04. The summed E-state index contributed by atoms with van der Waals surface area (Å²) in [4.78, 5) is 25.4. The van der Waals surface area contributed by atoms with Crippen molar-refractivity contribution in [3.63, 3.8) is 0 Å². The molecule has 1 aromatic rings. The van der Waals surface area contributed by atoms with Crippen molar-refractivity contribution < 1.29 is 19.8 Å². The summed E-state index contributed by atoms with van der Waals surface area (Å²) in [5, 5.41) is 17.2. The normalized spacial score (nSPS) is 12.3. The molecule has 1 aromatic heterocycles. The highest BCUT2D eigenvalue weighted by Crippen LogP contribution is 2.32. The highest BCUT2D eigenvalue weighted by atomic mass is 32.2. The maximum Gasteiger partial charge on any atom is 0.356 e. The summed E-state index contributed by atoms with van der Waals surface area (Å²) in [6.07, 6.45) is 1.25. The SMILES string of the molecule is CCCC(Sc1scnc1C(=O)O)C(=O)O. The highest BCUT2D eigenvalue weighted by molar-refractivity contribution is 8.02. The zero-order valence-corrected chi connectivity index (χ0v) is 10.2. The Morgan fingerprint density at radius 1 is 1.56 bits per heavy atom. The van der Waals surface area contributed by atoms with Gasteiger partial charge in [0, 0.05) is 0 Å². The van der Waals surface area contributed by atoms with Crippen LogP contribution in [-0.4, -0.2) is 32.4 Å². The fourth-order valence-electron chi connectivity index (χ4n) is 1.09. The smallest absolute Gasteiger partial charge is 0.356 e. The molecular formula is C9H11NO4S2. The predicted molar refractivity (Wildman–Crippen MR) is 61.3 cm³/mol. The molecule has 0 aliphatic heterocycles. The number of thioether (sulfide) groups is 1. The Morgan fingerprint density at radius 2 is 2.25 bits per heavy atom. The van der Waals surface area contributed by atoms with E-state index in [1.165, 1.54) is 5.51 Å². The average Bonchev–Trinajstić information content (AvgIpc) is 2.65. The Bertz CT molecular complexity index is 391. The number of rotatable bonds is 6. The molecule has 16 heavy (non-hydrogen) atoms. The van der Waals surface area contributed by atoms with Crippen LogP contribution < -0.4 is 0 Å². The van der Waals surface area contributed by atoms with Crippen molar-refractivity contribution in [3.8, 4) is 0 Å². The number of carboxylic acid groups (broad SMARTS) is 2. The van der Waals surface area contributed by atoms with Crippen LogP contribution in [-0.2, 0) is 4.79 Å². The molecule has 1 rings (SSSR count). The van der Waals surface area contributed by atoms with Crippen molar-refractivity contribution in [2.75, 3.05) is 0 Å². The van der Waals surface area contributed by atoms with Gasteiger partial charge < -0.3 is 10.2 Å². The number of hydrogen-bond acceptors (Lipinski definition) is 5. The van der Waals surface area contributed by atoms with Gasteiger partial charge in [-0.15, -0.1) is 11.3 Å². The summed E-state index contributed by atoms with van der Waals surface area (Å²) in [6.45, 7) is 1.89. The standard InChI is InChI=1S/C9H11NO4S2/c1-2-3-5(7(11)12)16-9-6(8(13)14)10-4-15-9/h4-5H,2-3H2,1H3,(H,11,12)(H,13,14). The molecule has 0 radical (unpaired) electrons. The first-order valence-corrected chi connectivity index (χ1v) is 6.38. The number of nitrogens with zero attached hydrogens (tertiary/aromatic N) is 1. The van der Waals surface area contributed by atoms with Crippen LogP contribution in [0.2, 0.25) is 0 Å². The van der Waals surface area contributed by atoms with E-state index in [2.05, 4.69) is 4.98 Å². The third-order valence-corrected chi connectivity index (χ3v) is 4.14. The third kappa shape index (κ3) is 3.21. The Balaban J connectivity index is 2.81. The third-order valence-electron chi connectivity index (χ3n) is 1.81. The van der Waals surface area contributed by atoms with Gasteiger partial charge in [-0.05, 0) is 6.42 Å². The highest BCUT2D eigenvalue weighted by Gasteiger charge is 2.23. The molecule has 0 aliphatic rings. The number of carboxylic acids is 2. The van der Waals surface area contributed by atoms with E-state index >= 15 is 0 Å². The molecule has 0 fully saturated rings. The lowest BCUT2D eigenvalue weighted by atomic mass is 10.2. The first kappa shape index (κ1) is 13.0. The van der Waals surface area contributed by atoms with Gasteiger partial charge in [-0.25, -0.2) is 9.78 Å². The van der Waals surface area contributed by atoms with E-state index in [1.807, 2.05) is 6.92 Å². The van der Waals surface area contributed by atoms with E-state index in [4.69, 9.17) is 10.2 Å². The molecule has 7 heteroatoms. The summed E-state index contributed by atoms with van der Waals surface area (Å²) in [6, 6.07) is 0. The van der Waals surface area contributed by atoms with Gasteiger partial charge in [-0.1, -0.05) is 25.1 Å². The molecule has 0 saturated heterocycles. The lowest BCUT2D eigenvalue weighted by Gasteiger charge is -2.08. The van der Waals surface area contributed by atoms with Crippen LogP contribution in [0.1, 0.15) is 30.3 Å². The number of aromatic carboxylic acids is 1. The second kappa shape index (κ2) is 5.86. The number of thiazole rings is 1. The monoisotopic (exact) mass is 261 g/mol. The van der Waals surface area contributed by atoms with Crippen molar-refractivity contribution >= 4 is 35.0 Å². The van der Waals surface area contributed by atoms with Gasteiger partial charge in [-0.3, -0.25) is 4.79 Å². The summed E-state index contributed by atoms with van der Waals surface area (Å²) < 4.78 is 0.452. The molecular weight excluding hydrogens is 250 g/mol. The fourth-order valence-corrected chi connectivity index (χ4v) is 3.26. The lowest BCUT2D eigenvalue weighted by Crippen LogP contribution is -2.16. The molecule has 88 valence electrons. The van der Waals surface area contributed by atoms with Crippen molar-refractivity contribution in [2.24, 2.45) is 0 Å². The van der Waals surface area contributed by atoms with E-state index in [1.54, 1.807) is 0 Å². The molecule has 0 aromatic carbocycles. The topological polar surface area (TPSA) is 87.5 Å². The zero-order valence-electron chi connectivity index (χ0n) is 8.54. The van der Waals surface area contributed by atoms with Crippen molar-refractivity contribution in [1.29, 1.82) is 0 Å². The van der Waals surface area contributed by atoms with Crippen molar-refractivity contribution in [1.82, 2.24) is 4.98 Å². The Morgan fingerprint density at radius 3 is 2.75 bits per heavy atom. The number of aliphatic carboxylic acids is 1. The van der Waals surface area contributed by atoms with Gasteiger partial charge in [0.15, 0.2) is 5.69 Å². The van der Waals surface area contributed by atoms with E-state index < -0.39 is 17.2 Å². The van der Waals surface area contributed by atoms with E-state index in [0.717, 1.165) is 29.5 Å². The van der Waals surface area contributed by atoms with Gasteiger partial charge in [0.25, 0.3) is 0 Å². The molecule has 0 bridgehead atoms. The fraction of sp³-hybridized carbons (Fsp3) is 0.444. The van der Waals surface area contributed by atoms with Crippen LogP contribution in [0.4, 0.5) is 0 Å². The summed E-state index contributed by atoms with van der Waals surface area (Å²) >= 11 is 2.22. The van der Waals surface area contributed by atoms with Crippen molar-refractivity contribution in [3.05, 3.63) is 11.2 Å². The van der Waals surface area contributed by atoms with Gasteiger partial charge in [0.1, 0.15) is 5.25 Å². The van der Waals surface area contributed by atoms with Crippen LogP contribution in [0.25, 0.3) is 0 Å². The second-order valence-corrected chi connectivity index (χ2v) is 5.35. The Kier molecular flexibility index (Phi) is 4.75. The predicted octanol–water partition coefficient (Wildman–Crippen LogP) is 2.19. The average molecular weight is 261 g/mol. The number of carbonyl (C=O) groups is 2. The van der Waals surface area contributed by atoms with Gasteiger partial charge in [0.2, 0.25) is 0 Å². The van der Waals surface area contributed by atoms with E-state index in [-0.39, 0.29) is 5.69 Å². The summed E-state index contributed by atoms with van der Waals surface area (Å²) in [5.41, 5.74) is 1.36. The van der Waals surface area contributed by atoms with Crippen LogP contribution in [0, 0.1) is 0 Å². The minimum atomic E-state index is -1.12. The molecule has 1 unspecified atom stereocenters. The van der Waals surface area contributed by atoms with Crippen molar-refractivity contribution in [2.45, 2.75) is 29.2 Å². The zero-order chi connectivity index (χ0) is 12.1. The number of hydrogen-bond donors (Lipinski definition) is 2. The Labute approximate surface area is 101 Å². The maximum atomic E-state index is 10.9. The minimum Gasteiger partial charge on any atom is -0.480 e. The van der Waals surface area contributed by atoms with Gasteiger partial charge in [-0.2, -0.15) is 0 Å². The van der Waals surface area contributed by atoms with Crippen LogP contribution >= 0.6 is 23.1 Å². The van der Waals surface area contributed by atoms with Gasteiger partial charge in [0.05, 0.1) is 9.72 Å². The first-order chi connectivity index (χ1) is 7.56. The van der Waals surface area contributed by atoms with Crippen LogP contribution in [0.3, 0.4) is 0 Å². The minimum absolute atomic E-state index is 0.0580. The largest absolute Gasteiger partial charge is 0.480 e. The van der Waals surface area contributed by atoms with Crippen LogP contribution in [0.15, 0.2) is 9.72 Å². The first-order valence-electron chi connectivity index (χ1n) is 4.62. The molecule has 5 nitrogen and oxygen atoms in total. The summed E-state index contributed by atoms with van der Waals surface area (Å²) in [7, 11) is 0. The van der Waals surface area contributed by atoms with E-state index in [0.29, 0.717) is 10.6 Å². The lowest BCUT2D eigenvalue weighted by molar-refractivity contribution is -0.136. The quantitative estimate of drug-likeness (QED) is 0.763. The Hall–Kier alpha value is -1.08. The van der Waals surface area contributed by atoms with E-state index in [9.17, 15) is 9.59 Å².